The smallest absolute Gasteiger partial charge is 0.319 e. The zero-order valence-electron chi connectivity index (χ0n) is 16.4. The lowest BCUT2D eigenvalue weighted by Gasteiger charge is -2.19. The third kappa shape index (κ3) is 5.48. The predicted octanol–water partition coefficient (Wildman–Crippen LogP) is 3.07. The van der Waals surface area contributed by atoms with Gasteiger partial charge < -0.3 is 20.3 Å². The summed E-state index contributed by atoms with van der Waals surface area (Å²) in [5.74, 6) is 0.733. The lowest BCUT2D eigenvalue weighted by molar-refractivity contribution is -0.130. The van der Waals surface area contributed by atoms with Crippen LogP contribution in [0.1, 0.15) is 24.0 Å². The fraction of sp³-hybridized carbons (Fsp3) is 0.318. The highest BCUT2D eigenvalue weighted by atomic mass is 16.5. The minimum Gasteiger partial charge on any atom is -0.497 e. The van der Waals surface area contributed by atoms with Crippen molar-refractivity contribution in [1.82, 2.24) is 10.2 Å². The molecule has 0 aromatic heterocycles. The summed E-state index contributed by atoms with van der Waals surface area (Å²) in [6, 6.07) is 16.2. The first kappa shape index (κ1) is 20.2. The third-order valence-corrected chi connectivity index (χ3v) is 4.90. The van der Waals surface area contributed by atoms with Crippen LogP contribution in [0.5, 0.6) is 5.75 Å². The molecule has 150 valence electrons. The van der Waals surface area contributed by atoms with E-state index in [1.165, 1.54) is 0 Å². The number of likely N-dealkylation sites (tertiary alicyclic amines) is 1. The molecule has 3 rings (SSSR count). The van der Waals surface area contributed by atoms with Crippen molar-refractivity contribution < 1.29 is 14.3 Å². The summed E-state index contributed by atoms with van der Waals surface area (Å²) in [5, 5.41) is 14.7. The van der Waals surface area contributed by atoms with Crippen LogP contribution < -0.4 is 15.4 Å². The summed E-state index contributed by atoms with van der Waals surface area (Å²) in [5.41, 5.74) is 2.46. The van der Waals surface area contributed by atoms with Gasteiger partial charge in [-0.15, -0.1) is 0 Å². The first-order valence-corrected chi connectivity index (χ1v) is 9.55. The average molecular weight is 392 g/mol. The highest BCUT2D eigenvalue weighted by Gasteiger charge is 2.28. The van der Waals surface area contributed by atoms with Crippen molar-refractivity contribution >= 4 is 17.6 Å². The maximum atomic E-state index is 12.4. The number of rotatable bonds is 6. The SMILES string of the molecule is COc1ccc(CNC(=O)Nc2ccc(CC(=O)N3CCC[C@@H]3C#N)cc2)cc1. The van der Waals surface area contributed by atoms with E-state index in [-0.39, 0.29) is 24.4 Å². The second-order valence-electron chi connectivity index (χ2n) is 6.90. The van der Waals surface area contributed by atoms with Gasteiger partial charge in [-0.2, -0.15) is 5.26 Å². The number of nitriles is 1. The fourth-order valence-corrected chi connectivity index (χ4v) is 3.28. The van der Waals surface area contributed by atoms with Crippen LogP contribution >= 0.6 is 0 Å². The van der Waals surface area contributed by atoms with Crippen molar-refractivity contribution in [1.29, 1.82) is 5.26 Å². The van der Waals surface area contributed by atoms with Gasteiger partial charge in [0.05, 0.1) is 19.6 Å². The van der Waals surface area contributed by atoms with Gasteiger partial charge in [0.25, 0.3) is 0 Å². The summed E-state index contributed by atoms with van der Waals surface area (Å²) in [6.07, 6.45) is 1.87. The van der Waals surface area contributed by atoms with Gasteiger partial charge in [0.1, 0.15) is 11.8 Å². The van der Waals surface area contributed by atoms with Crippen LogP contribution in [0.3, 0.4) is 0 Å². The van der Waals surface area contributed by atoms with Crippen molar-refractivity contribution in [3.8, 4) is 11.8 Å². The van der Waals surface area contributed by atoms with Gasteiger partial charge in [-0.05, 0) is 48.2 Å². The molecule has 0 radical (unpaired) electrons. The van der Waals surface area contributed by atoms with E-state index in [1.807, 2.05) is 36.4 Å². The standard InChI is InChI=1S/C22H24N4O3/c1-29-20-10-6-17(7-11-20)15-24-22(28)25-18-8-4-16(5-9-18)13-21(27)26-12-2-3-19(26)14-23/h4-11,19H,2-3,12-13,15H2,1H3,(H2,24,25,28)/t19-/m1/s1. The van der Waals surface area contributed by atoms with E-state index in [0.717, 1.165) is 29.7 Å². The summed E-state index contributed by atoms with van der Waals surface area (Å²) in [4.78, 5) is 26.1. The lowest BCUT2D eigenvalue weighted by Crippen LogP contribution is -2.35. The summed E-state index contributed by atoms with van der Waals surface area (Å²) >= 11 is 0. The molecule has 1 saturated heterocycles. The van der Waals surface area contributed by atoms with Gasteiger partial charge in [0.2, 0.25) is 5.91 Å². The van der Waals surface area contributed by atoms with E-state index in [4.69, 9.17) is 10.00 Å². The number of nitrogens with one attached hydrogen (secondary N) is 2. The Morgan fingerprint density at radius 3 is 2.48 bits per heavy atom. The molecule has 0 aliphatic carbocycles. The number of anilines is 1. The Morgan fingerprint density at radius 2 is 1.83 bits per heavy atom. The summed E-state index contributed by atoms with van der Waals surface area (Å²) in [6.45, 7) is 1.05. The number of carbonyl (C=O) groups is 2. The molecule has 0 saturated carbocycles. The molecule has 0 spiro atoms. The van der Waals surface area contributed by atoms with Crippen molar-refractivity contribution in [2.75, 3.05) is 19.0 Å². The molecule has 2 aromatic carbocycles. The monoisotopic (exact) mass is 392 g/mol. The molecular formula is C22H24N4O3. The van der Waals surface area contributed by atoms with Crippen LogP contribution in [0.15, 0.2) is 48.5 Å². The number of methoxy groups -OCH3 is 1. The minimum atomic E-state index is -0.308. The van der Waals surface area contributed by atoms with Crippen molar-refractivity contribution in [3.63, 3.8) is 0 Å². The number of urea groups is 1. The molecule has 2 aromatic rings. The molecule has 0 bridgehead atoms. The highest BCUT2D eigenvalue weighted by Crippen LogP contribution is 2.18. The zero-order chi connectivity index (χ0) is 20.6. The number of carbonyl (C=O) groups excluding carboxylic acids is 2. The second-order valence-corrected chi connectivity index (χ2v) is 6.90. The number of benzene rings is 2. The first-order chi connectivity index (χ1) is 14.1. The summed E-state index contributed by atoms with van der Waals surface area (Å²) in [7, 11) is 1.61. The summed E-state index contributed by atoms with van der Waals surface area (Å²) < 4.78 is 5.11. The predicted molar refractivity (Wildman–Crippen MR) is 109 cm³/mol. The molecule has 7 nitrogen and oxygen atoms in total. The minimum absolute atomic E-state index is 0.0352. The maximum Gasteiger partial charge on any atom is 0.319 e. The average Bonchev–Trinajstić information content (AvgIpc) is 3.23. The Kier molecular flexibility index (Phi) is 6.69. The van der Waals surface area contributed by atoms with Crippen LogP contribution in [0.2, 0.25) is 0 Å². The fourth-order valence-electron chi connectivity index (χ4n) is 3.28. The largest absolute Gasteiger partial charge is 0.497 e. The number of hydrogen-bond acceptors (Lipinski definition) is 4. The van der Waals surface area contributed by atoms with E-state index < -0.39 is 0 Å². The Balaban J connectivity index is 1.47. The maximum absolute atomic E-state index is 12.4. The van der Waals surface area contributed by atoms with Crippen LogP contribution in [0.25, 0.3) is 0 Å². The molecule has 0 unspecified atom stereocenters. The first-order valence-electron chi connectivity index (χ1n) is 9.55. The lowest BCUT2D eigenvalue weighted by atomic mass is 10.1. The van der Waals surface area contributed by atoms with E-state index in [1.54, 1.807) is 24.1 Å². The number of hydrogen-bond donors (Lipinski definition) is 2. The topological polar surface area (TPSA) is 94.5 Å². The van der Waals surface area contributed by atoms with Gasteiger partial charge in [0, 0.05) is 18.8 Å². The van der Waals surface area contributed by atoms with E-state index in [9.17, 15) is 9.59 Å². The number of nitrogens with zero attached hydrogens (tertiary/aromatic N) is 2. The molecule has 29 heavy (non-hydrogen) atoms. The molecule has 1 atom stereocenters. The van der Waals surface area contributed by atoms with E-state index in [0.29, 0.717) is 18.8 Å². The van der Waals surface area contributed by atoms with Crippen molar-refractivity contribution in [2.45, 2.75) is 31.8 Å². The van der Waals surface area contributed by atoms with E-state index in [2.05, 4.69) is 16.7 Å². The number of amides is 3. The normalized spacial score (nSPS) is 15.4. The molecule has 3 amide bonds. The van der Waals surface area contributed by atoms with Gasteiger partial charge in [-0.1, -0.05) is 24.3 Å². The van der Waals surface area contributed by atoms with Crippen LogP contribution in [0, 0.1) is 11.3 Å². The van der Waals surface area contributed by atoms with Crippen molar-refractivity contribution in [2.24, 2.45) is 0 Å². The quantitative estimate of drug-likeness (QED) is 0.790. The Bertz CT molecular complexity index is 888. The third-order valence-electron chi connectivity index (χ3n) is 4.90. The Hall–Kier alpha value is -3.53. The van der Waals surface area contributed by atoms with Crippen LogP contribution in [0.4, 0.5) is 10.5 Å². The second kappa shape index (κ2) is 9.60. The van der Waals surface area contributed by atoms with Crippen molar-refractivity contribution in [3.05, 3.63) is 59.7 Å². The molecule has 2 N–H and O–H groups in total. The molecule has 7 heteroatoms. The molecule has 1 aliphatic rings. The molecule has 1 fully saturated rings. The van der Waals surface area contributed by atoms with Gasteiger partial charge in [0.15, 0.2) is 0 Å². The van der Waals surface area contributed by atoms with E-state index >= 15 is 0 Å². The van der Waals surface area contributed by atoms with Crippen LogP contribution in [-0.2, 0) is 17.8 Å². The molecular weight excluding hydrogens is 368 g/mol. The Labute approximate surface area is 170 Å². The Morgan fingerprint density at radius 1 is 1.14 bits per heavy atom. The van der Waals surface area contributed by atoms with Gasteiger partial charge in [-0.25, -0.2) is 4.79 Å². The molecule has 1 aliphatic heterocycles. The zero-order valence-corrected chi connectivity index (χ0v) is 16.4. The van der Waals surface area contributed by atoms with Gasteiger partial charge in [-0.3, -0.25) is 4.79 Å². The highest BCUT2D eigenvalue weighted by molar-refractivity contribution is 5.89. The molecule has 1 heterocycles. The van der Waals surface area contributed by atoms with Gasteiger partial charge >= 0.3 is 6.03 Å². The number of ether oxygens (including phenoxy) is 1. The van der Waals surface area contributed by atoms with Crippen LogP contribution in [-0.4, -0.2) is 36.5 Å².